The van der Waals surface area contributed by atoms with Crippen LogP contribution in [0.3, 0.4) is 0 Å². The maximum atomic E-state index is 6.64. The second kappa shape index (κ2) is 15.6. The minimum atomic E-state index is -0.199. The van der Waals surface area contributed by atoms with Crippen LogP contribution >= 0.6 is 0 Å². The van der Waals surface area contributed by atoms with Crippen molar-refractivity contribution >= 4 is 0 Å². The molecule has 5 heteroatoms. The van der Waals surface area contributed by atoms with Crippen LogP contribution in [0.25, 0.3) is 23.8 Å². The molecule has 0 bridgehead atoms. The zero-order valence-corrected chi connectivity index (χ0v) is 7.03. The molecule has 8 heavy (non-hydrogen) atoms. The smallest absolute Gasteiger partial charge is 0.693 e. The molecule has 4 nitrogen and oxygen atoms in total. The van der Waals surface area contributed by atoms with Crippen LogP contribution in [0.1, 0.15) is 6.92 Å². The number of hydrogen-bond acceptors (Lipinski definition) is 0. The number of rotatable bonds is 1. The van der Waals surface area contributed by atoms with Crippen LogP contribution < -0.4 is 0 Å². The maximum Gasteiger partial charge on any atom is 4.00 e. The van der Waals surface area contributed by atoms with Crippen molar-refractivity contribution in [3.63, 3.8) is 0 Å². The third-order valence-corrected chi connectivity index (χ3v) is 0.306. The predicted molar refractivity (Wildman–Crippen MR) is 33.5 cm³/mol. The number of hydrogen-bond donors (Lipinski definition) is 0. The zero-order valence-electron chi connectivity index (χ0n) is 4.76. The molecule has 0 aliphatic heterocycles. The van der Waals surface area contributed by atoms with Gasteiger partial charge in [0.05, 0.1) is 0 Å². The summed E-state index contributed by atoms with van der Waals surface area (Å²) in [4.78, 5) is 0. The second-order valence-corrected chi connectivity index (χ2v) is 1.11. The van der Waals surface area contributed by atoms with Gasteiger partial charge >= 0.3 is 21.1 Å². The molecule has 1 atom stereocenters. The molecule has 0 aromatic heterocycles. The summed E-state index contributed by atoms with van der Waals surface area (Å²) in [5.74, 6) is 0. The van der Waals surface area contributed by atoms with Crippen molar-refractivity contribution in [1.82, 2.24) is 0 Å². The molecule has 0 aliphatic carbocycles. The molecule has 0 amide bonds. The minimum absolute atomic E-state index is 0. The summed E-state index contributed by atoms with van der Waals surface area (Å²) >= 11 is 0. The van der Waals surface area contributed by atoms with E-state index >= 15 is 0 Å². The molecule has 54 valence electrons. The SMILES string of the molecule is CC([NH-])C[NH-].[NH2-].[NH2-].[Pt+4]. The first-order valence-electron chi connectivity index (χ1n) is 1.63. The first-order valence-corrected chi connectivity index (χ1v) is 1.63. The summed E-state index contributed by atoms with van der Waals surface area (Å²) in [5, 5.41) is 0. The van der Waals surface area contributed by atoms with Crippen LogP contribution in [0.5, 0.6) is 0 Å². The molecule has 0 fully saturated rings. The van der Waals surface area contributed by atoms with Gasteiger partial charge in [0.25, 0.3) is 0 Å². The topological polar surface area (TPSA) is 115 Å². The molecule has 0 radical (unpaired) electrons. The second-order valence-electron chi connectivity index (χ2n) is 1.11. The van der Waals surface area contributed by atoms with E-state index in [0.717, 1.165) is 0 Å². The van der Waals surface area contributed by atoms with Crippen molar-refractivity contribution in [3.8, 4) is 0 Å². The van der Waals surface area contributed by atoms with Crippen molar-refractivity contribution < 1.29 is 21.1 Å². The predicted octanol–water partition coefficient (Wildman–Crippen LogP) is 2.91. The summed E-state index contributed by atoms with van der Waals surface area (Å²) in [6.45, 7) is 1.92. The quantitative estimate of drug-likeness (QED) is 0.708. The Morgan fingerprint density at radius 3 is 1.50 bits per heavy atom. The average molecular weight is 299 g/mol. The van der Waals surface area contributed by atoms with Gasteiger partial charge in [0.15, 0.2) is 0 Å². The van der Waals surface area contributed by atoms with Gasteiger partial charge in [-0.3, -0.25) is 0 Å². The molecule has 0 saturated heterocycles. The van der Waals surface area contributed by atoms with Gasteiger partial charge in [-0.2, -0.15) is 12.6 Å². The number of nitrogens with two attached hydrogens (primary N) is 2. The van der Waals surface area contributed by atoms with E-state index in [4.69, 9.17) is 11.5 Å². The van der Waals surface area contributed by atoms with Gasteiger partial charge < -0.3 is 23.8 Å². The van der Waals surface area contributed by atoms with Gasteiger partial charge in [-0.1, -0.05) is 6.92 Å². The summed E-state index contributed by atoms with van der Waals surface area (Å²) in [6, 6.07) is -0.199. The van der Waals surface area contributed by atoms with Crippen molar-refractivity contribution in [2.45, 2.75) is 13.0 Å². The van der Waals surface area contributed by atoms with Crippen LogP contribution in [-0.2, 0) is 21.1 Å². The summed E-state index contributed by atoms with van der Waals surface area (Å²) < 4.78 is 0. The van der Waals surface area contributed by atoms with Crippen molar-refractivity contribution in [2.24, 2.45) is 0 Å². The first kappa shape index (κ1) is 23.6. The molecular weight excluding hydrogens is 287 g/mol. The monoisotopic (exact) mass is 299 g/mol. The normalized spacial score (nSPS) is 9.38. The Balaban J connectivity index is -0.0000000267. The fourth-order valence-corrected chi connectivity index (χ4v) is 0. The van der Waals surface area contributed by atoms with E-state index < -0.39 is 0 Å². The fraction of sp³-hybridized carbons (Fsp3) is 1.00. The van der Waals surface area contributed by atoms with Gasteiger partial charge in [-0.15, -0.1) is 0 Å². The van der Waals surface area contributed by atoms with Crippen LogP contribution in [0.2, 0.25) is 0 Å². The van der Waals surface area contributed by atoms with Crippen LogP contribution in [0.15, 0.2) is 0 Å². The van der Waals surface area contributed by atoms with Crippen molar-refractivity contribution in [1.29, 1.82) is 0 Å². The van der Waals surface area contributed by atoms with E-state index in [1.165, 1.54) is 0 Å². The maximum absolute atomic E-state index is 6.64. The Morgan fingerprint density at radius 2 is 1.50 bits per heavy atom. The van der Waals surface area contributed by atoms with E-state index in [2.05, 4.69) is 0 Å². The average Bonchev–Trinajstić information content (AvgIpc) is 1.38. The van der Waals surface area contributed by atoms with E-state index in [9.17, 15) is 0 Å². The van der Waals surface area contributed by atoms with Gasteiger partial charge in [0.2, 0.25) is 0 Å². The Kier molecular flexibility index (Phi) is 46.1. The molecule has 0 aromatic carbocycles. The van der Waals surface area contributed by atoms with E-state index in [0.29, 0.717) is 0 Å². The summed E-state index contributed by atoms with van der Waals surface area (Å²) in [5.41, 5.74) is 13.1. The molecular formula is C3H12N4Pt. The first-order chi connectivity index (χ1) is 2.27. The van der Waals surface area contributed by atoms with Crippen molar-refractivity contribution in [3.05, 3.63) is 23.8 Å². The summed E-state index contributed by atoms with van der Waals surface area (Å²) in [6.07, 6.45) is 0. The van der Waals surface area contributed by atoms with E-state index in [1.807, 2.05) is 0 Å². The molecule has 0 heterocycles. The molecule has 0 aromatic rings. The van der Waals surface area contributed by atoms with Crippen molar-refractivity contribution in [2.75, 3.05) is 6.54 Å². The molecule has 0 spiro atoms. The minimum Gasteiger partial charge on any atom is -0.693 e. The Labute approximate surface area is 64.8 Å². The largest absolute Gasteiger partial charge is 4.00 e. The third kappa shape index (κ3) is 31.2. The van der Waals surface area contributed by atoms with E-state index in [1.54, 1.807) is 6.92 Å². The molecule has 1 unspecified atom stereocenters. The van der Waals surface area contributed by atoms with Gasteiger partial charge in [-0.05, 0) is 0 Å². The molecule has 0 saturated carbocycles. The Morgan fingerprint density at radius 1 is 1.38 bits per heavy atom. The van der Waals surface area contributed by atoms with Crippen LogP contribution in [-0.4, -0.2) is 12.6 Å². The van der Waals surface area contributed by atoms with E-state index in [-0.39, 0.29) is 46.0 Å². The van der Waals surface area contributed by atoms with Crippen LogP contribution in [0, 0.1) is 0 Å². The van der Waals surface area contributed by atoms with Gasteiger partial charge in [-0.25, -0.2) is 0 Å². The molecule has 0 aliphatic rings. The Hall–Kier alpha value is 0.528. The van der Waals surface area contributed by atoms with Gasteiger partial charge in [0.1, 0.15) is 0 Å². The standard InChI is InChI=1S/C3H8N2.2H2N.Pt/c1-3(5)2-4;;;/h3-5H,2H2,1H3;2*1H2;/q-2;2*-1;+4. The summed E-state index contributed by atoms with van der Waals surface area (Å²) in [7, 11) is 0. The van der Waals surface area contributed by atoms with Crippen LogP contribution in [0.4, 0.5) is 0 Å². The Bertz CT molecular complexity index is 25.2. The van der Waals surface area contributed by atoms with Gasteiger partial charge in [0, 0.05) is 0 Å². The fourth-order valence-electron chi connectivity index (χ4n) is 0. The molecule has 6 N–H and O–H groups in total. The third-order valence-electron chi connectivity index (χ3n) is 0.306. The number of nitrogens with one attached hydrogen (secondary N) is 2. The zero-order chi connectivity index (χ0) is 4.28. The molecule has 0 rings (SSSR count).